The summed E-state index contributed by atoms with van der Waals surface area (Å²) in [6.45, 7) is 1.67. The van der Waals surface area contributed by atoms with Crippen molar-refractivity contribution < 1.29 is 0 Å². The van der Waals surface area contributed by atoms with Gasteiger partial charge in [-0.25, -0.2) is 0 Å². The molecule has 0 amide bonds. The Balaban J connectivity index is 2.16. The Kier molecular flexibility index (Phi) is 2.79. The lowest BCUT2D eigenvalue weighted by Crippen LogP contribution is -2.26. The number of rotatable bonds is 1. The van der Waals surface area contributed by atoms with Crippen LogP contribution >= 0.6 is 23.2 Å². The summed E-state index contributed by atoms with van der Waals surface area (Å²) >= 11 is 11.8. The van der Waals surface area contributed by atoms with Gasteiger partial charge in [-0.05, 0) is 18.2 Å². The minimum absolute atomic E-state index is 0.592. The van der Waals surface area contributed by atoms with Gasteiger partial charge in [0.25, 0.3) is 0 Å². The highest BCUT2D eigenvalue weighted by molar-refractivity contribution is 6.36. The molecular weight excluding hydrogens is 221 g/mol. The Morgan fingerprint density at radius 1 is 1.36 bits per heavy atom. The first kappa shape index (κ1) is 9.62. The van der Waals surface area contributed by atoms with Gasteiger partial charge in [-0.1, -0.05) is 23.2 Å². The fraction of sp³-hybridized carbons (Fsp3) is 0.222. The van der Waals surface area contributed by atoms with E-state index in [9.17, 15) is 0 Å². The maximum Gasteiger partial charge on any atom is 0.195 e. The number of guanidine groups is 1. The van der Waals surface area contributed by atoms with E-state index in [2.05, 4.69) is 15.6 Å². The monoisotopic (exact) mass is 229 g/mol. The van der Waals surface area contributed by atoms with Crippen LogP contribution in [0.4, 0.5) is 5.69 Å². The molecule has 3 nitrogen and oxygen atoms in total. The number of hydrogen-bond donors (Lipinski definition) is 2. The highest BCUT2D eigenvalue weighted by Crippen LogP contribution is 2.25. The molecule has 0 bridgehead atoms. The zero-order chi connectivity index (χ0) is 9.97. The van der Waals surface area contributed by atoms with Crippen molar-refractivity contribution in [3.05, 3.63) is 28.2 Å². The first-order chi connectivity index (χ1) is 6.75. The van der Waals surface area contributed by atoms with Gasteiger partial charge in [0.15, 0.2) is 5.96 Å². The molecule has 0 spiro atoms. The molecule has 1 heterocycles. The predicted octanol–water partition coefficient (Wildman–Crippen LogP) is 2.36. The quantitative estimate of drug-likeness (QED) is 0.776. The van der Waals surface area contributed by atoms with E-state index in [0.717, 1.165) is 24.7 Å². The zero-order valence-corrected chi connectivity index (χ0v) is 8.86. The van der Waals surface area contributed by atoms with Crippen LogP contribution in [0.15, 0.2) is 23.2 Å². The standard InChI is InChI=1S/C9H9Cl2N3/c10-6-1-2-8(7(11)5-6)14-9-12-3-4-13-9/h1-2,5H,3-4H2,(H2,12,13,14). The molecule has 1 aromatic carbocycles. The van der Waals surface area contributed by atoms with Crippen molar-refractivity contribution in [2.24, 2.45) is 4.99 Å². The van der Waals surface area contributed by atoms with Crippen LogP contribution in [0.2, 0.25) is 10.0 Å². The van der Waals surface area contributed by atoms with Gasteiger partial charge in [0, 0.05) is 11.6 Å². The summed E-state index contributed by atoms with van der Waals surface area (Å²) in [5, 5.41) is 7.40. The fourth-order valence-electron chi connectivity index (χ4n) is 1.20. The number of nitrogens with zero attached hydrogens (tertiary/aromatic N) is 1. The Hall–Kier alpha value is -0.930. The summed E-state index contributed by atoms with van der Waals surface area (Å²) in [5.74, 6) is 0.759. The van der Waals surface area contributed by atoms with Crippen molar-refractivity contribution in [2.45, 2.75) is 0 Å². The van der Waals surface area contributed by atoms with E-state index in [4.69, 9.17) is 23.2 Å². The van der Waals surface area contributed by atoms with E-state index in [-0.39, 0.29) is 0 Å². The number of aliphatic imine (C=N–C) groups is 1. The van der Waals surface area contributed by atoms with Gasteiger partial charge in [0.05, 0.1) is 17.3 Å². The third kappa shape index (κ3) is 2.11. The smallest absolute Gasteiger partial charge is 0.195 e. The van der Waals surface area contributed by atoms with Gasteiger partial charge in [-0.3, -0.25) is 4.99 Å². The highest BCUT2D eigenvalue weighted by atomic mass is 35.5. The van der Waals surface area contributed by atoms with E-state index in [1.165, 1.54) is 0 Å². The van der Waals surface area contributed by atoms with Crippen LogP contribution in [0.5, 0.6) is 0 Å². The first-order valence-electron chi connectivity index (χ1n) is 4.26. The SMILES string of the molecule is Clc1ccc(NC2=NCCN2)c(Cl)c1. The Labute approximate surface area is 92.1 Å². The van der Waals surface area contributed by atoms with Crippen molar-refractivity contribution >= 4 is 34.8 Å². The van der Waals surface area contributed by atoms with Gasteiger partial charge in [-0.2, -0.15) is 0 Å². The molecule has 0 atom stereocenters. The lowest BCUT2D eigenvalue weighted by atomic mass is 10.3. The maximum atomic E-state index is 5.98. The van der Waals surface area contributed by atoms with Crippen molar-refractivity contribution in [3.63, 3.8) is 0 Å². The van der Waals surface area contributed by atoms with E-state index in [1.807, 2.05) is 6.07 Å². The average Bonchev–Trinajstić information content (AvgIpc) is 2.62. The summed E-state index contributed by atoms with van der Waals surface area (Å²) < 4.78 is 0. The van der Waals surface area contributed by atoms with Gasteiger partial charge < -0.3 is 10.6 Å². The van der Waals surface area contributed by atoms with Crippen molar-refractivity contribution in [1.82, 2.24) is 5.32 Å². The maximum absolute atomic E-state index is 5.98. The summed E-state index contributed by atoms with van der Waals surface area (Å²) in [5.41, 5.74) is 0.809. The van der Waals surface area contributed by atoms with Crippen LogP contribution in [-0.4, -0.2) is 19.0 Å². The van der Waals surface area contributed by atoms with Gasteiger partial charge in [0.2, 0.25) is 0 Å². The van der Waals surface area contributed by atoms with E-state index in [0.29, 0.717) is 10.0 Å². The van der Waals surface area contributed by atoms with Crippen LogP contribution in [-0.2, 0) is 0 Å². The Morgan fingerprint density at radius 3 is 2.86 bits per heavy atom. The van der Waals surface area contributed by atoms with Crippen LogP contribution < -0.4 is 10.6 Å². The number of halogens is 2. The molecule has 0 fully saturated rings. The molecule has 2 rings (SSSR count). The molecule has 0 saturated carbocycles. The number of benzene rings is 1. The second-order valence-electron chi connectivity index (χ2n) is 2.91. The van der Waals surface area contributed by atoms with E-state index in [1.54, 1.807) is 12.1 Å². The molecule has 1 aliphatic heterocycles. The van der Waals surface area contributed by atoms with Gasteiger partial charge in [-0.15, -0.1) is 0 Å². The lowest BCUT2D eigenvalue weighted by molar-refractivity contribution is 0.959. The zero-order valence-electron chi connectivity index (χ0n) is 7.35. The summed E-state index contributed by atoms with van der Waals surface area (Å²) in [6.07, 6.45) is 0. The molecule has 0 aromatic heterocycles. The summed E-state index contributed by atoms with van der Waals surface area (Å²) in [6, 6.07) is 5.30. The topological polar surface area (TPSA) is 36.4 Å². The predicted molar refractivity (Wildman–Crippen MR) is 60.4 cm³/mol. The molecule has 0 saturated heterocycles. The van der Waals surface area contributed by atoms with E-state index >= 15 is 0 Å². The second-order valence-corrected chi connectivity index (χ2v) is 3.75. The third-order valence-corrected chi connectivity index (χ3v) is 2.41. The molecular formula is C9H9Cl2N3. The molecule has 0 unspecified atom stereocenters. The molecule has 74 valence electrons. The van der Waals surface area contributed by atoms with Crippen LogP contribution in [0.1, 0.15) is 0 Å². The molecule has 2 N–H and O–H groups in total. The Bertz CT molecular complexity index is 376. The minimum atomic E-state index is 0.592. The largest absolute Gasteiger partial charge is 0.354 e. The number of hydrogen-bond acceptors (Lipinski definition) is 3. The van der Waals surface area contributed by atoms with Gasteiger partial charge >= 0.3 is 0 Å². The normalized spacial score (nSPS) is 14.9. The number of nitrogens with one attached hydrogen (secondary N) is 2. The molecule has 1 aromatic rings. The van der Waals surface area contributed by atoms with E-state index < -0.39 is 0 Å². The van der Waals surface area contributed by atoms with Crippen LogP contribution in [0.3, 0.4) is 0 Å². The van der Waals surface area contributed by atoms with Gasteiger partial charge in [0.1, 0.15) is 0 Å². The molecule has 14 heavy (non-hydrogen) atoms. The molecule has 0 aliphatic carbocycles. The van der Waals surface area contributed by atoms with Crippen molar-refractivity contribution in [3.8, 4) is 0 Å². The fourth-order valence-corrected chi connectivity index (χ4v) is 1.66. The Morgan fingerprint density at radius 2 is 2.21 bits per heavy atom. The third-order valence-electron chi connectivity index (χ3n) is 1.86. The molecule has 5 heteroatoms. The van der Waals surface area contributed by atoms with Crippen LogP contribution in [0, 0.1) is 0 Å². The number of anilines is 1. The molecule has 0 radical (unpaired) electrons. The highest BCUT2D eigenvalue weighted by Gasteiger charge is 2.07. The average molecular weight is 230 g/mol. The van der Waals surface area contributed by atoms with Crippen molar-refractivity contribution in [1.29, 1.82) is 0 Å². The molecule has 1 aliphatic rings. The van der Waals surface area contributed by atoms with Crippen LogP contribution in [0.25, 0.3) is 0 Å². The summed E-state index contributed by atoms with van der Waals surface area (Å²) in [4.78, 5) is 4.20. The van der Waals surface area contributed by atoms with Crippen molar-refractivity contribution in [2.75, 3.05) is 18.4 Å². The second kappa shape index (κ2) is 4.07. The minimum Gasteiger partial charge on any atom is -0.354 e. The first-order valence-corrected chi connectivity index (χ1v) is 5.02. The summed E-state index contributed by atoms with van der Waals surface area (Å²) in [7, 11) is 0. The lowest BCUT2D eigenvalue weighted by Gasteiger charge is -2.08.